The highest BCUT2D eigenvalue weighted by Gasteiger charge is 2.13. The number of thiazole rings is 1. The Morgan fingerprint density at radius 2 is 1.84 bits per heavy atom. The first-order valence-electron chi connectivity index (χ1n) is 6.67. The fourth-order valence-electron chi connectivity index (χ4n) is 1.95. The normalized spacial score (nSPS) is 13.5. The number of rotatable bonds is 3. The highest BCUT2D eigenvalue weighted by molar-refractivity contribution is 7.09. The maximum absolute atomic E-state index is 5.81. The van der Waals surface area contributed by atoms with Crippen LogP contribution >= 0.6 is 11.3 Å². The summed E-state index contributed by atoms with van der Waals surface area (Å²) in [4.78, 5) is 4.65. The predicted molar refractivity (Wildman–Crippen MR) is 83.6 cm³/mol. The molecule has 1 unspecified atom stereocenters. The van der Waals surface area contributed by atoms with E-state index in [1.807, 2.05) is 6.92 Å². The molecule has 0 aliphatic heterocycles. The van der Waals surface area contributed by atoms with Crippen LogP contribution in [0.1, 0.15) is 38.3 Å². The lowest BCUT2D eigenvalue weighted by Gasteiger charge is -2.18. The van der Waals surface area contributed by atoms with E-state index in [2.05, 4.69) is 55.4 Å². The summed E-state index contributed by atoms with van der Waals surface area (Å²) in [5.41, 5.74) is 9.59. The Kier molecular flexibility index (Phi) is 4.07. The van der Waals surface area contributed by atoms with Gasteiger partial charge in [-0.2, -0.15) is 0 Å². The summed E-state index contributed by atoms with van der Waals surface area (Å²) in [7, 11) is 0. The number of benzene rings is 1. The lowest BCUT2D eigenvalue weighted by Crippen LogP contribution is -2.17. The van der Waals surface area contributed by atoms with Crippen LogP contribution in [0.3, 0.4) is 0 Å². The fraction of sp³-hybridized carbons (Fsp3) is 0.438. The maximum atomic E-state index is 5.81. The molecule has 1 heterocycles. The third-order valence-electron chi connectivity index (χ3n) is 3.10. The van der Waals surface area contributed by atoms with Gasteiger partial charge in [0, 0.05) is 23.4 Å². The van der Waals surface area contributed by atoms with Crippen LogP contribution in [0.15, 0.2) is 29.6 Å². The second-order valence-corrected chi connectivity index (χ2v) is 7.08. The first kappa shape index (κ1) is 14.2. The van der Waals surface area contributed by atoms with Gasteiger partial charge in [0.25, 0.3) is 0 Å². The Morgan fingerprint density at radius 1 is 1.21 bits per heavy atom. The Balaban J connectivity index is 2.20. The van der Waals surface area contributed by atoms with Gasteiger partial charge in [0.2, 0.25) is 0 Å². The molecule has 0 aliphatic rings. The van der Waals surface area contributed by atoms with Crippen LogP contribution in [0.2, 0.25) is 0 Å². The van der Waals surface area contributed by atoms with Crippen molar-refractivity contribution in [2.45, 2.75) is 45.6 Å². The second kappa shape index (κ2) is 5.43. The van der Waals surface area contributed by atoms with E-state index in [4.69, 9.17) is 5.73 Å². The molecule has 0 bridgehead atoms. The van der Waals surface area contributed by atoms with Gasteiger partial charge in [0.15, 0.2) is 0 Å². The summed E-state index contributed by atoms with van der Waals surface area (Å²) in [6.07, 6.45) is 0.852. The van der Waals surface area contributed by atoms with Gasteiger partial charge in [-0.25, -0.2) is 4.98 Å². The summed E-state index contributed by atoms with van der Waals surface area (Å²) in [5.74, 6) is 0. The summed E-state index contributed by atoms with van der Waals surface area (Å²) in [5, 5.41) is 3.23. The molecule has 0 amide bonds. The lowest BCUT2D eigenvalue weighted by molar-refractivity contribution is 0.590. The van der Waals surface area contributed by atoms with Crippen molar-refractivity contribution >= 4 is 11.3 Å². The van der Waals surface area contributed by atoms with Crippen molar-refractivity contribution < 1.29 is 0 Å². The second-order valence-electron chi connectivity index (χ2n) is 6.14. The molecule has 1 aromatic heterocycles. The van der Waals surface area contributed by atoms with Gasteiger partial charge in [0.05, 0.1) is 10.7 Å². The Morgan fingerprint density at radius 3 is 2.37 bits per heavy atom. The van der Waals surface area contributed by atoms with Crippen LogP contribution in [0.4, 0.5) is 0 Å². The van der Waals surface area contributed by atoms with E-state index < -0.39 is 0 Å². The van der Waals surface area contributed by atoms with E-state index >= 15 is 0 Å². The predicted octanol–water partition coefficient (Wildman–Crippen LogP) is 4.00. The molecule has 1 atom stereocenters. The largest absolute Gasteiger partial charge is 0.328 e. The fourth-order valence-corrected chi connectivity index (χ4v) is 2.90. The molecule has 0 fully saturated rings. The van der Waals surface area contributed by atoms with Crippen molar-refractivity contribution in [3.63, 3.8) is 0 Å². The molecule has 0 saturated carbocycles. The Hall–Kier alpha value is -1.19. The van der Waals surface area contributed by atoms with Gasteiger partial charge in [-0.1, -0.05) is 45.0 Å². The van der Waals surface area contributed by atoms with E-state index in [9.17, 15) is 0 Å². The van der Waals surface area contributed by atoms with Crippen LogP contribution in [0.5, 0.6) is 0 Å². The van der Waals surface area contributed by atoms with Crippen LogP contribution < -0.4 is 5.73 Å². The molecule has 19 heavy (non-hydrogen) atoms. The highest BCUT2D eigenvalue weighted by Crippen LogP contribution is 2.27. The molecule has 1 aromatic carbocycles. The van der Waals surface area contributed by atoms with Gasteiger partial charge in [-0.15, -0.1) is 11.3 Å². The highest BCUT2D eigenvalue weighted by atomic mass is 32.1. The molecule has 2 aromatic rings. The van der Waals surface area contributed by atoms with Gasteiger partial charge in [0.1, 0.15) is 0 Å². The monoisotopic (exact) mass is 274 g/mol. The average molecular weight is 274 g/mol. The van der Waals surface area contributed by atoms with E-state index in [0.717, 1.165) is 17.1 Å². The van der Waals surface area contributed by atoms with Crippen molar-refractivity contribution in [1.82, 2.24) is 4.98 Å². The van der Waals surface area contributed by atoms with Gasteiger partial charge in [-0.3, -0.25) is 0 Å². The molecule has 2 nitrogen and oxygen atoms in total. The van der Waals surface area contributed by atoms with Crippen LogP contribution in [-0.2, 0) is 11.8 Å². The molecule has 2 rings (SSSR count). The molecule has 0 spiro atoms. The molecule has 2 N–H and O–H groups in total. The number of nitrogens with two attached hydrogens (primary N) is 1. The van der Waals surface area contributed by atoms with E-state index in [0.29, 0.717) is 0 Å². The first-order valence-corrected chi connectivity index (χ1v) is 7.55. The summed E-state index contributed by atoms with van der Waals surface area (Å²) in [6, 6.07) is 8.87. The first-order chi connectivity index (χ1) is 8.86. The zero-order valence-electron chi connectivity index (χ0n) is 12.1. The molecular weight excluding hydrogens is 252 g/mol. The number of hydrogen-bond donors (Lipinski definition) is 1. The SMILES string of the molecule is CC(N)Cc1nc(-c2ccc(C(C)(C)C)cc2)cs1. The van der Waals surface area contributed by atoms with Crippen molar-refractivity contribution in [2.24, 2.45) is 5.73 Å². The number of aromatic nitrogens is 1. The maximum Gasteiger partial charge on any atom is 0.0947 e. The Bertz CT molecular complexity index is 533. The third kappa shape index (κ3) is 3.64. The summed E-state index contributed by atoms with van der Waals surface area (Å²) >= 11 is 1.69. The molecule has 3 heteroatoms. The molecule has 0 aliphatic carbocycles. The molecular formula is C16H22N2S. The number of nitrogens with zero attached hydrogens (tertiary/aromatic N) is 1. The smallest absolute Gasteiger partial charge is 0.0947 e. The van der Waals surface area contributed by atoms with Gasteiger partial charge < -0.3 is 5.73 Å². The van der Waals surface area contributed by atoms with E-state index in [1.165, 1.54) is 11.1 Å². The lowest BCUT2D eigenvalue weighted by atomic mass is 9.86. The molecule has 0 saturated heterocycles. The number of hydrogen-bond acceptors (Lipinski definition) is 3. The van der Waals surface area contributed by atoms with Crippen molar-refractivity contribution in [3.8, 4) is 11.3 Å². The van der Waals surface area contributed by atoms with Crippen molar-refractivity contribution in [3.05, 3.63) is 40.2 Å². The standard InChI is InChI=1S/C16H22N2S/c1-11(17)9-15-18-14(10-19-15)12-5-7-13(8-6-12)16(2,3)4/h5-8,10-11H,9,17H2,1-4H3. The van der Waals surface area contributed by atoms with E-state index in [-0.39, 0.29) is 11.5 Å². The molecule has 0 radical (unpaired) electrons. The molecule has 102 valence electrons. The minimum atomic E-state index is 0.169. The zero-order valence-corrected chi connectivity index (χ0v) is 12.9. The van der Waals surface area contributed by atoms with Crippen molar-refractivity contribution in [2.75, 3.05) is 0 Å². The Labute approximate surface area is 119 Å². The van der Waals surface area contributed by atoms with Crippen LogP contribution in [0, 0.1) is 0 Å². The minimum Gasteiger partial charge on any atom is -0.328 e. The average Bonchev–Trinajstić information content (AvgIpc) is 2.75. The summed E-state index contributed by atoms with van der Waals surface area (Å²) in [6.45, 7) is 8.70. The summed E-state index contributed by atoms with van der Waals surface area (Å²) < 4.78 is 0. The van der Waals surface area contributed by atoms with Crippen LogP contribution in [-0.4, -0.2) is 11.0 Å². The third-order valence-corrected chi connectivity index (χ3v) is 3.97. The van der Waals surface area contributed by atoms with E-state index in [1.54, 1.807) is 11.3 Å². The quantitative estimate of drug-likeness (QED) is 0.919. The van der Waals surface area contributed by atoms with Crippen molar-refractivity contribution in [1.29, 1.82) is 0 Å². The zero-order chi connectivity index (χ0) is 14.0. The van der Waals surface area contributed by atoms with Crippen LogP contribution in [0.25, 0.3) is 11.3 Å². The van der Waals surface area contributed by atoms with Gasteiger partial charge in [-0.05, 0) is 17.9 Å². The topological polar surface area (TPSA) is 38.9 Å². The minimum absolute atomic E-state index is 0.169. The van der Waals surface area contributed by atoms with Gasteiger partial charge >= 0.3 is 0 Å².